The van der Waals surface area contributed by atoms with Gasteiger partial charge in [0.05, 0.1) is 17.6 Å². The van der Waals surface area contributed by atoms with E-state index in [1.165, 1.54) is 0 Å². The number of esters is 1. The van der Waals surface area contributed by atoms with Crippen LogP contribution in [0.25, 0.3) is 0 Å². The molecule has 2 atom stereocenters. The Morgan fingerprint density at radius 2 is 1.31 bits per heavy atom. The summed E-state index contributed by atoms with van der Waals surface area (Å²) in [4.78, 5) is 13.3. The van der Waals surface area contributed by atoms with Crippen molar-refractivity contribution in [3.8, 4) is 0 Å². The molecule has 26 heavy (non-hydrogen) atoms. The van der Waals surface area contributed by atoms with E-state index in [1.807, 2.05) is 6.92 Å². The molecule has 0 heterocycles. The minimum absolute atomic E-state index is 0.0535. The van der Waals surface area contributed by atoms with Gasteiger partial charge in [0, 0.05) is 6.42 Å². The molecule has 0 radical (unpaired) electrons. The lowest BCUT2D eigenvalue weighted by Crippen LogP contribution is -2.47. The highest BCUT2D eigenvalue weighted by molar-refractivity contribution is 5.78. The van der Waals surface area contributed by atoms with Gasteiger partial charge < -0.3 is 9.47 Å². The summed E-state index contributed by atoms with van der Waals surface area (Å²) in [5.74, 6) is -0.0842. The minimum Gasteiger partial charge on any atom is -0.459 e. The van der Waals surface area contributed by atoms with E-state index in [9.17, 15) is 4.79 Å². The average molecular weight is 371 g/mol. The fourth-order valence-corrected chi connectivity index (χ4v) is 2.99. The van der Waals surface area contributed by atoms with Crippen LogP contribution < -0.4 is 0 Å². The topological polar surface area (TPSA) is 35.5 Å². The number of hydrogen-bond donors (Lipinski definition) is 0. The van der Waals surface area contributed by atoms with Gasteiger partial charge in [0.2, 0.25) is 0 Å². The van der Waals surface area contributed by atoms with E-state index in [1.54, 1.807) is 0 Å². The zero-order chi connectivity index (χ0) is 21.0. The van der Waals surface area contributed by atoms with Crippen molar-refractivity contribution in [3.05, 3.63) is 0 Å². The number of carbonyl (C=O) groups is 1. The molecule has 0 aromatic carbocycles. The molecule has 0 saturated heterocycles. The molecule has 0 aromatic rings. The second-order valence-electron chi connectivity index (χ2n) is 11.2. The second kappa shape index (κ2) is 8.63. The maximum Gasteiger partial charge on any atom is 0.312 e. The molecule has 0 amide bonds. The lowest BCUT2D eigenvalue weighted by Gasteiger charge is -2.45. The van der Waals surface area contributed by atoms with Crippen molar-refractivity contribution in [3.63, 3.8) is 0 Å². The molecule has 3 nitrogen and oxygen atoms in total. The molecule has 0 spiro atoms. The van der Waals surface area contributed by atoms with E-state index in [4.69, 9.17) is 9.47 Å². The Morgan fingerprint density at radius 3 is 1.65 bits per heavy atom. The summed E-state index contributed by atoms with van der Waals surface area (Å²) in [5.41, 5.74) is -1.29. The molecular formula is C23H46O3. The Bertz CT molecular complexity index is 453. The summed E-state index contributed by atoms with van der Waals surface area (Å²) < 4.78 is 12.2. The standard InChI is InChI=1S/C23H46O3/c1-13-21(9,10)25-16-15-22(11,14-2)26-18(24)23(12,20(6,7)8)17-19(3,4)5/h13-17H2,1-12H3. The SMILES string of the molecule is CCC(C)(C)OCCC(C)(CC)OC(=O)C(C)(CC(C)(C)C)C(C)(C)C. The summed E-state index contributed by atoms with van der Waals surface area (Å²) in [6, 6.07) is 0. The lowest BCUT2D eigenvalue weighted by atomic mass is 9.61. The zero-order valence-corrected chi connectivity index (χ0v) is 19.8. The fourth-order valence-electron chi connectivity index (χ4n) is 2.99. The number of carbonyl (C=O) groups excluding carboxylic acids is 1. The molecule has 0 fully saturated rings. The summed E-state index contributed by atoms with van der Waals surface area (Å²) >= 11 is 0. The molecule has 3 heteroatoms. The number of rotatable bonds is 9. The van der Waals surface area contributed by atoms with Crippen LogP contribution in [0.4, 0.5) is 0 Å². The molecule has 0 rings (SSSR count). The van der Waals surface area contributed by atoms with Gasteiger partial charge in [-0.15, -0.1) is 0 Å². The van der Waals surface area contributed by atoms with E-state index in [0.29, 0.717) is 13.0 Å². The fraction of sp³-hybridized carbons (Fsp3) is 0.957. The van der Waals surface area contributed by atoms with E-state index in [2.05, 4.69) is 76.2 Å². The summed E-state index contributed by atoms with van der Waals surface area (Å²) in [7, 11) is 0. The van der Waals surface area contributed by atoms with Gasteiger partial charge in [0.15, 0.2) is 0 Å². The van der Waals surface area contributed by atoms with Crippen LogP contribution in [-0.4, -0.2) is 23.8 Å². The maximum atomic E-state index is 13.3. The molecule has 0 aliphatic carbocycles. The van der Waals surface area contributed by atoms with Gasteiger partial charge in [-0.2, -0.15) is 0 Å². The van der Waals surface area contributed by atoms with Gasteiger partial charge in [-0.25, -0.2) is 0 Å². The zero-order valence-electron chi connectivity index (χ0n) is 19.8. The second-order valence-corrected chi connectivity index (χ2v) is 11.2. The highest BCUT2D eigenvalue weighted by atomic mass is 16.6. The van der Waals surface area contributed by atoms with Crippen molar-refractivity contribution in [2.45, 2.75) is 120 Å². The largest absolute Gasteiger partial charge is 0.459 e. The van der Waals surface area contributed by atoms with E-state index in [-0.39, 0.29) is 22.4 Å². The van der Waals surface area contributed by atoms with Gasteiger partial charge >= 0.3 is 5.97 Å². The van der Waals surface area contributed by atoms with Gasteiger partial charge in [0.1, 0.15) is 5.60 Å². The van der Waals surface area contributed by atoms with E-state index < -0.39 is 11.0 Å². The monoisotopic (exact) mass is 370 g/mol. The van der Waals surface area contributed by atoms with Gasteiger partial charge in [0.25, 0.3) is 0 Å². The Labute approximate surface area is 163 Å². The van der Waals surface area contributed by atoms with Crippen LogP contribution in [0.2, 0.25) is 0 Å². The molecule has 0 aromatic heterocycles. The van der Waals surface area contributed by atoms with Crippen LogP contribution in [0.3, 0.4) is 0 Å². The van der Waals surface area contributed by atoms with Crippen LogP contribution >= 0.6 is 0 Å². The summed E-state index contributed by atoms with van der Waals surface area (Å²) in [5, 5.41) is 0. The summed E-state index contributed by atoms with van der Waals surface area (Å²) in [6.07, 6.45) is 3.25. The van der Waals surface area contributed by atoms with Crippen molar-refractivity contribution in [1.82, 2.24) is 0 Å². The minimum atomic E-state index is -0.536. The molecule has 0 bridgehead atoms. The molecule has 2 unspecified atom stereocenters. The maximum absolute atomic E-state index is 13.3. The van der Waals surface area contributed by atoms with Crippen molar-refractivity contribution in [1.29, 1.82) is 0 Å². The van der Waals surface area contributed by atoms with Gasteiger partial charge in [-0.3, -0.25) is 4.79 Å². The highest BCUT2D eigenvalue weighted by Gasteiger charge is 2.49. The van der Waals surface area contributed by atoms with Crippen molar-refractivity contribution >= 4 is 5.97 Å². The lowest BCUT2D eigenvalue weighted by molar-refractivity contribution is -0.182. The predicted molar refractivity (Wildman–Crippen MR) is 111 cm³/mol. The first kappa shape index (κ1) is 25.4. The molecular weight excluding hydrogens is 324 g/mol. The Balaban J connectivity index is 5.29. The Kier molecular flexibility index (Phi) is 8.44. The highest BCUT2D eigenvalue weighted by Crippen LogP contribution is 2.48. The third kappa shape index (κ3) is 7.58. The Hall–Kier alpha value is -0.570. The first-order valence-corrected chi connectivity index (χ1v) is 10.3. The first-order chi connectivity index (χ1) is 11.4. The third-order valence-electron chi connectivity index (χ3n) is 6.05. The van der Waals surface area contributed by atoms with Gasteiger partial charge in [-0.1, -0.05) is 55.4 Å². The average Bonchev–Trinajstić information content (AvgIpc) is 2.43. The van der Waals surface area contributed by atoms with E-state index >= 15 is 0 Å². The van der Waals surface area contributed by atoms with Gasteiger partial charge in [-0.05, 0) is 57.8 Å². The van der Waals surface area contributed by atoms with Crippen LogP contribution in [-0.2, 0) is 14.3 Å². The molecule has 156 valence electrons. The summed E-state index contributed by atoms with van der Waals surface area (Å²) in [6.45, 7) is 26.1. The normalized spacial score (nSPS) is 18.2. The third-order valence-corrected chi connectivity index (χ3v) is 6.05. The van der Waals surface area contributed by atoms with Crippen molar-refractivity contribution in [2.24, 2.45) is 16.2 Å². The van der Waals surface area contributed by atoms with Crippen LogP contribution in [0.5, 0.6) is 0 Å². The molecule has 0 N–H and O–H groups in total. The molecule has 0 aliphatic heterocycles. The first-order valence-electron chi connectivity index (χ1n) is 10.3. The van der Waals surface area contributed by atoms with E-state index in [0.717, 1.165) is 19.3 Å². The quantitative estimate of drug-likeness (QED) is 0.419. The van der Waals surface area contributed by atoms with Crippen LogP contribution in [0, 0.1) is 16.2 Å². The molecule has 0 saturated carbocycles. The predicted octanol–water partition coefficient (Wildman–Crippen LogP) is 6.78. The number of ether oxygens (including phenoxy) is 2. The molecule has 0 aliphatic rings. The number of hydrogen-bond acceptors (Lipinski definition) is 3. The Morgan fingerprint density at radius 1 is 0.808 bits per heavy atom. The van der Waals surface area contributed by atoms with Crippen molar-refractivity contribution in [2.75, 3.05) is 6.61 Å². The smallest absolute Gasteiger partial charge is 0.312 e. The van der Waals surface area contributed by atoms with Crippen LogP contribution in [0.1, 0.15) is 109 Å². The van der Waals surface area contributed by atoms with Crippen LogP contribution in [0.15, 0.2) is 0 Å². The van der Waals surface area contributed by atoms with Crippen molar-refractivity contribution < 1.29 is 14.3 Å².